The first-order valence-corrected chi connectivity index (χ1v) is 7.18. The Labute approximate surface area is 128 Å². The maximum Gasteiger partial charge on any atom is 0.573 e. The largest absolute Gasteiger partial charge is 0.573 e. The maximum atomic E-state index is 12.2. The monoisotopic (exact) mass is 333 g/mol. The lowest BCUT2D eigenvalue weighted by Gasteiger charge is -2.22. The fourth-order valence-electron chi connectivity index (χ4n) is 1.88. The number of fused-ring (bicyclic) bond motifs is 1. The van der Waals surface area contributed by atoms with E-state index >= 15 is 0 Å². The summed E-state index contributed by atoms with van der Waals surface area (Å²) in [5.41, 5.74) is 10.5. The quantitative estimate of drug-likeness (QED) is 0.878. The fourth-order valence-corrected chi connectivity index (χ4v) is 3.00. The first-order chi connectivity index (χ1) is 10.1. The molecule has 0 radical (unpaired) electrons. The molecule has 4 N–H and O–H groups in total. The van der Waals surface area contributed by atoms with E-state index in [1.165, 1.54) is 18.2 Å². The van der Waals surface area contributed by atoms with Gasteiger partial charge in [0.15, 0.2) is 0 Å². The number of primary amides is 1. The van der Waals surface area contributed by atoms with Crippen LogP contribution in [0.25, 0.3) is 10.2 Å². The number of benzene rings is 1. The summed E-state index contributed by atoms with van der Waals surface area (Å²) in [6.07, 6.45) is -4.28. The van der Waals surface area contributed by atoms with Crippen molar-refractivity contribution in [2.75, 3.05) is 0 Å². The minimum atomic E-state index is -4.75. The van der Waals surface area contributed by atoms with Crippen LogP contribution in [0.4, 0.5) is 13.2 Å². The molecular weight excluding hydrogens is 319 g/mol. The number of hydrogen-bond donors (Lipinski definition) is 2. The number of thiazole rings is 1. The molecule has 1 amide bonds. The zero-order valence-corrected chi connectivity index (χ0v) is 12.4. The summed E-state index contributed by atoms with van der Waals surface area (Å²) >= 11 is 1.15. The second-order valence-electron chi connectivity index (χ2n) is 4.84. The molecule has 2 rings (SSSR count). The third-order valence-corrected chi connectivity index (χ3v) is 4.24. The number of carbonyl (C=O) groups excluding carboxylic acids is 1. The van der Waals surface area contributed by atoms with Crippen molar-refractivity contribution >= 4 is 27.5 Å². The molecule has 2 aromatic rings. The number of carbonyl (C=O) groups is 1. The van der Waals surface area contributed by atoms with E-state index < -0.39 is 17.8 Å². The average molecular weight is 333 g/mol. The van der Waals surface area contributed by atoms with Gasteiger partial charge in [-0.25, -0.2) is 4.98 Å². The van der Waals surface area contributed by atoms with Crippen LogP contribution >= 0.6 is 11.3 Å². The van der Waals surface area contributed by atoms with Gasteiger partial charge < -0.3 is 16.2 Å². The number of halogens is 3. The van der Waals surface area contributed by atoms with Crippen LogP contribution in [0.5, 0.6) is 5.75 Å². The normalized spacial score (nSPS) is 14.8. The Kier molecular flexibility index (Phi) is 4.30. The van der Waals surface area contributed by atoms with Crippen molar-refractivity contribution in [3.8, 4) is 5.75 Å². The van der Waals surface area contributed by atoms with Gasteiger partial charge in [-0.15, -0.1) is 24.5 Å². The first kappa shape index (κ1) is 16.5. The van der Waals surface area contributed by atoms with Crippen molar-refractivity contribution in [1.29, 1.82) is 0 Å². The van der Waals surface area contributed by atoms with E-state index in [-0.39, 0.29) is 12.2 Å². The van der Waals surface area contributed by atoms with Crippen LogP contribution in [-0.2, 0) is 11.2 Å². The summed E-state index contributed by atoms with van der Waals surface area (Å²) in [6.45, 7) is 1.73. The molecule has 1 unspecified atom stereocenters. The Morgan fingerprint density at radius 3 is 2.64 bits per heavy atom. The number of alkyl halides is 3. The number of aromatic nitrogens is 1. The van der Waals surface area contributed by atoms with Gasteiger partial charge in [0.25, 0.3) is 0 Å². The molecule has 120 valence electrons. The van der Waals surface area contributed by atoms with Crippen LogP contribution in [0.3, 0.4) is 0 Å². The van der Waals surface area contributed by atoms with Crippen LogP contribution < -0.4 is 16.2 Å². The van der Waals surface area contributed by atoms with Crippen molar-refractivity contribution in [2.24, 2.45) is 11.5 Å². The Hall–Kier alpha value is -1.87. The highest BCUT2D eigenvalue weighted by molar-refractivity contribution is 7.18. The fraction of sp³-hybridized carbons (Fsp3) is 0.385. The number of hydrogen-bond acceptors (Lipinski definition) is 5. The van der Waals surface area contributed by atoms with Crippen LogP contribution in [0.1, 0.15) is 18.4 Å². The molecule has 1 heterocycles. The number of rotatable bonds is 5. The molecule has 1 atom stereocenters. The molecule has 9 heteroatoms. The van der Waals surface area contributed by atoms with E-state index in [9.17, 15) is 18.0 Å². The van der Waals surface area contributed by atoms with Crippen molar-refractivity contribution < 1.29 is 22.7 Å². The predicted octanol–water partition coefficient (Wildman–Crippen LogP) is 2.33. The zero-order valence-electron chi connectivity index (χ0n) is 11.6. The smallest absolute Gasteiger partial charge is 0.406 e. The van der Waals surface area contributed by atoms with E-state index in [0.717, 1.165) is 11.3 Å². The van der Waals surface area contributed by atoms with Gasteiger partial charge in [0, 0.05) is 6.42 Å². The van der Waals surface area contributed by atoms with Gasteiger partial charge in [-0.05, 0) is 24.6 Å². The lowest BCUT2D eigenvalue weighted by Crippen LogP contribution is -2.53. The molecule has 0 aliphatic rings. The molecule has 1 aromatic carbocycles. The average Bonchev–Trinajstić information content (AvgIpc) is 2.77. The van der Waals surface area contributed by atoms with Crippen LogP contribution in [-0.4, -0.2) is 22.8 Å². The van der Waals surface area contributed by atoms with Gasteiger partial charge in [0.05, 0.1) is 15.2 Å². The SMILES string of the molecule is CCC(N)(Cc1nc2ccc(OC(F)(F)F)cc2s1)C(N)=O. The van der Waals surface area contributed by atoms with Crippen molar-refractivity contribution in [1.82, 2.24) is 4.98 Å². The lowest BCUT2D eigenvalue weighted by molar-refractivity contribution is -0.274. The van der Waals surface area contributed by atoms with Crippen molar-refractivity contribution in [3.05, 3.63) is 23.2 Å². The summed E-state index contributed by atoms with van der Waals surface area (Å²) in [6, 6.07) is 3.85. The number of nitrogens with two attached hydrogens (primary N) is 2. The summed E-state index contributed by atoms with van der Waals surface area (Å²) in [5, 5.41) is 0.530. The molecular formula is C13H14F3N3O2S. The van der Waals surface area contributed by atoms with Gasteiger partial charge in [0.1, 0.15) is 11.3 Å². The summed E-state index contributed by atoms with van der Waals surface area (Å²) in [4.78, 5) is 15.7. The topological polar surface area (TPSA) is 91.2 Å². The van der Waals surface area contributed by atoms with Crippen LogP contribution in [0.15, 0.2) is 18.2 Å². The summed E-state index contributed by atoms with van der Waals surface area (Å²) in [5.74, 6) is -0.963. The maximum absolute atomic E-state index is 12.2. The molecule has 0 aliphatic heterocycles. The second kappa shape index (κ2) is 5.73. The van der Waals surface area contributed by atoms with Crippen molar-refractivity contribution in [3.63, 3.8) is 0 Å². The van der Waals surface area contributed by atoms with E-state index in [4.69, 9.17) is 11.5 Å². The molecule has 22 heavy (non-hydrogen) atoms. The van der Waals surface area contributed by atoms with Gasteiger partial charge in [0.2, 0.25) is 5.91 Å². The summed E-state index contributed by atoms with van der Waals surface area (Å²) < 4.78 is 41.0. The summed E-state index contributed by atoms with van der Waals surface area (Å²) in [7, 11) is 0. The van der Waals surface area contributed by atoms with Gasteiger partial charge in [-0.3, -0.25) is 4.79 Å². The molecule has 0 fully saturated rings. The van der Waals surface area contributed by atoms with E-state index in [0.29, 0.717) is 21.6 Å². The molecule has 0 spiro atoms. The van der Waals surface area contributed by atoms with Gasteiger partial charge >= 0.3 is 6.36 Å². The van der Waals surface area contributed by atoms with E-state index in [2.05, 4.69) is 9.72 Å². The highest BCUT2D eigenvalue weighted by Gasteiger charge is 2.32. The predicted molar refractivity (Wildman–Crippen MR) is 76.4 cm³/mol. The van der Waals surface area contributed by atoms with Crippen LogP contribution in [0.2, 0.25) is 0 Å². The Morgan fingerprint density at radius 1 is 1.41 bits per heavy atom. The van der Waals surface area contributed by atoms with Crippen molar-refractivity contribution in [2.45, 2.75) is 31.7 Å². The van der Waals surface area contributed by atoms with Gasteiger partial charge in [-0.2, -0.15) is 0 Å². The minimum Gasteiger partial charge on any atom is -0.406 e. The highest BCUT2D eigenvalue weighted by Crippen LogP contribution is 2.31. The first-order valence-electron chi connectivity index (χ1n) is 6.37. The third-order valence-electron chi connectivity index (χ3n) is 3.23. The molecule has 0 saturated carbocycles. The Balaban J connectivity index is 2.29. The lowest BCUT2D eigenvalue weighted by atomic mass is 9.93. The molecule has 0 aliphatic carbocycles. The van der Waals surface area contributed by atoms with E-state index in [1.54, 1.807) is 6.92 Å². The standard InChI is InChI=1S/C13H14F3N3O2S/c1-2-12(18,11(17)20)6-10-19-8-4-3-7(5-9(8)22-10)21-13(14,15)16/h3-5H,2,6,18H2,1H3,(H2,17,20). The Morgan fingerprint density at radius 2 is 2.09 bits per heavy atom. The Bertz CT molecular complexity index is 701. The molecule has 1 aromatic heterocycles. The third kappa shape index (κ3) is 3.66. The minimum absolute atomic E-state index is 0.133. The van der Waals surface area contributed by atoms with Gasteiger partial charge in [-0.1, -0.05) is 6.92 Å². The zero-order chi connectivity index (χ0) is 16.5. The van der Waals surface area contributed by atoms with Crippen LogP contribution in [0, 0.1) is 0 Å². The number of amides is 1. The highest BCUT2D eigenvalue weighted by atomic mass is 32.1. The second-order valence-corrected chi connectivity index (χ2v) is 5.95. The number of nitrogens with zero attached hydrogens (tertiary/aromatic N) is 1. The molecule has 0 bridgehead atoms. The van der Waals surface area contributed by atoms with E-state index in [1.807, 2.05) is 0 Å². The molecule has 0 saturated heterocycles. The molecule has 5 nitrogen and oxygen atoms in total. The number of ether oxygens (including phenoxy) is 1.